The fourth-order valence-electron chi connectivity index (χ4n) is 1.48. The molecule has 80 valence electrons. The molecule has 0 radical (unpaired) electrons. The third-order valence-corrected chi connectivity index (χ3v) is 2.58. The molecule has 2 nitrogen and oxygen atoms in total. The molecule has 0 fully saturated rings. The van der Waals surface area contributed by atoms with Crippen molar-refractivity contribution in [2.45, 2.75) is 32.8 Å². The van der Waals surface area contributed by atoms with E-state index in [0.717, 1.165) is 25.3 Å². The molecule has 3 heteroatoms. The Hall–Kier alpha value is 0.270. The molecular weight excluding hydrogens is 182 g/mol. The zero-order valence-electron chi connectivity index (χ0n) is 9.25. The van der Waals surface area contributed by atoms with E-state index in [2.05, 4.69) is 24.5 Å². The molecule has 0 aromatic heterocycles. The summed E-state index contributed by atoms with van der Waals surface area (Å²) in [4.78, 5) is 2.17. The van der Waals surface area contributed by atoms with Gasteiger partial charge in [-0.15, -0.1) is 0 Å². The topological polar surface area (TPSA) is 23.5 Å². The molecule has 0 aromatic carbocycles. The van der Waals surface area contributed by atoms with Crippen LogP contribution in [0.2, 0.25) is 0 Å². The monoisotopic (exact) mass is 205 g/mol. The van der Waals surface area contributed by atoms with Crippen molar-refractivity contribution in [2.75, 3.05) is 25.9 Å². The second-order valence-electron chi connectivity index (χ2n) is 4.47. The normalized spacial score (nSPS) is 15.0. The van der Waals surface area contributed by atoms with E-state index in [0.29, 0.717) is 5.92 Å². The molecule has 0 saturated heterocycles. The van der Waals surface area contributed by atoms with Crippen LogP contribution in [0.1, 0.15) is 27.2 Å². The van der Waals surface area contributed by atoms with Crippen LogP contribution in [0, 0.1) is 5.92 Å². The molecule has 0 aliphatic carbocycles. The van der Waals surface area contributed by atoms with Gasteiger partial charge in [-0.05, 0) is 32.6 Å². The number of thiol groups is 1. The van der Waals surface area contributed by atoms with Crippen molar-refractivity contribution in [3.05, 3.63) is 0 Å². The van der Waals surface area contributed by atoms with Gasteiger partial charge in [0, 0.05) is 13.1 Å². The number of nitrogens with zero attached hydrogens (tertiary/aromatic N) is 1. The summed E-state index contributed by atoms with van der Waals surface area (Å²) in [6, 6.07) is 0. The van der Waals surface area contributed by atoms with Gasteiger partial charge in [-0.1, -0.05) is 13.3 Å². The predicted molar refractivity (Wildman–Crippen MR) is 61.4 cm³/mol. The number of aliphatic hydroxyl groups is 1. The number of hydrogen-bond acceptors (Lipinski definition) is 3. The van der Waals surface area contributed by atoms with Crippen LogP contribution in [0.5, 0.6) is 0 Å². The van der Waals surface area contributed by atoms with Crippen LogP contribution in [0.4, 0.5) is 0 Å². The molecule has 0 saturated carbocycles. The molecule has 0 spiro atoms. The second kappa shape index (κ2) is 5.89. The summed E-state index contributed by atoms with van der Waals surface area (Å²) >= 11 is 4.29. The van der Waals surface area contributed by atoms with Gasteiger partial charge in [0.25, 0.3) is 0 Å². The molecule has 0 aromatic rings. The van der Waals surface area contributed by atoms with Crippen molar-refractivity contribution in [3.8, 4) is 0 Å². The van der Waals surface area contributed by atoms with Crippen LogP contribution in [-0.4, -0.2) is 41.5 Å². The lowest BCUT2D eigenvalue weighted by atomic mass is 10.1. The summed E-state index contributed by atoms with van der Waals surface area (Å²) in [6.45, 7) is 7.59. The largest absolute Gasteiger partial charge is 0.389 e. The zero-order chi connectivity index (χ0) is 10.5. The summed E-state index contributed by atoms with van der Waals surface area (Å²) < 4.78 is 0. The minimum Gasteiger partial charge on any atom is -0.389 e. The highest BCUT2D eigenvalue weighted by molar-refractivity contribution is 7.80. The Morgan fingerprint density at radius 2 is 2.00 bits per heavy atom. The lowest BCUT2D eigenvalue weighted by Gasteiger charge is -2.28. The molecule has 1 N–H and O–H groups in total. The maximum absolute atomic E-state index is 9.59. The summed E-state index contributed by atoms with van der Waals surface area (Å²) in [7, 11) is 2.05. The molecule has 1 atom stereocenters. The summed E-state index contributed by atoms with van der Waals surface area (Å²) in [6.07, 6.45) is 1.15. The van der Waals surface area contributed by atoms with Crippen LogP contribution < -0.4 is 0 Å². The lowest BCUT2D eigenvalue weighted by Crippen LogP contribution is -2.38. The second-order valence-corrected chi connectivity index (χ2v) is 4.83. The first-order valence-electron chi connectivity index (χ1n) is 4.90. The van der Waals surface area contributed by atoms with Crippen LogP contribution in [-0.2, 0) is 0 Å². The van der Waals surface area contributed by atoms with E-state index in [1.807, 2.05) is 20.9 Å². The van der Waals surface area contributed by atoms with Gasteiger partial charge in [-0.2, -0.15) is 12.6 Å². The summed E-state index contributed by atoms with van der Waals surface area (Å²) in [5.41, 5.74) is -0.594. The van der Waals surface area contributed by atoms with E-state index in [-0.39, 0.29) is 0 Å². The first kappa shape index (κ1) is 13.3. The van der Waals surface area contributed by atoms with E-state index < -0.39 is 5.60 Å². The quantitative estimate of drug-likeness (QED) is 0.644. The van der Waals surface area contributed by atoms with Crippen molar-refractivity contribution >= 4 is 12.6 Å². The average Bonchev–Trinajstić information content (AvgIpc) is 1.96. The highest BCUT2D eigenvalue weighted by Gasteiger charge is 2.17. The van der Waals surface area contributed by atoms with E-state index in [9.17, 15) is 5.11 Å². The van der Waals surface area contributed by atoms with Crippen molar-refractivity contribution in [1.82, 2.24) is 4.90 Å². The molecular formula is C10H23NOS. The standard InChI is InChI=1S/C10H23NOS/c1-5-9(7-13)6-11(4)8-10(2,3)12/h9,12-13H,5-8H2,1-4H3. The fraction of sp³-hybridized carbons (Fsp3) is 1.00. The third kappa shape index (κ3) is 7.35. The molecule has 13 heavy (non-hydrogen) atoms. The SMILES string of the molecule is CCC(CS)CN(C)CC(C)(C)O. The zero-order valence-corrected chi connectivity index (χ0v) is 10.1. The summed E-state index contributed by atoms with van der Waals surface area (Å²) in [5.74, 6) is 1.56. The molecule has 1 unspecified atom stereocenters. The van der Waals surface area contributed by atoms with Crippen molar-refractivity contribution in [2.24, 2.45) is 5.92 Å². The van der Waals surface area contributed by atoms with Crippen molar-refractivity contribution in [1.29, 1.82) is 0 Å². The molecule has 0 rings (SSSR count). The first-order valence-corrected chi connectivity index (χ1v) is 5.54. The predicted octanol–water partition coefficient (Wildman–Crippen LogP) is 1.65. The van der Waals surface area contributed by atoms with E-state index in [1.54, 1.807) is 0 Å². The van der Waals surface area contributed by atoms with Gasteiger partial charge in [0.15, 0.2) is 0 Å². The van der Waals surface area contributed by atoms with Crippen LogP contribution in [0.3, 0.4) is 0 Å². The van der Waals surface area contributed by atoms with Crippen molar-refractivity contribution in [3.63, 3.8) is 0 Å². The maximum Gasteiger partial charge on any atom is 0.0718 e. The summed E-state index contributed by atoms with van der Waals surface area (Å²) in [5, 5.41) is 9.59. The Balaban J connectivity index is 3.79. The van der Waals surface area contributed by atoms with Gasteiger partial charge in [0.1, 0.15) is 0 Å². The Morgan fingerprint density at radius 3 is 2.31 bits per heavy atom. The lowest BCUT2D eigenvalue weighted by molar-refractivity contribution is 0.0410. The number of hydrogen-bond donors (Lipinski definition) is 2. The first-order chi connectivity index (χ1) is 5.89. The van der Waals surface area contributed by atoms with Gasteiger partial charge >= 0.3 is 0 Å². The van der Waals surface area contributed by atoms with Gasteiger partial charge < -0.3 is 10.0 Å². The Morgan fingerprint density at radius 1 is 1.46 bits per heavy atom. The van der Waals surface area contributed by atoms with E-state index >= 15 is 0 Å². The van der Waals surface area contributed by atoms with Crippen LogP contribution >= 0.6 is 12.6 Å². The molecule has 0 aliphatic heterocycles. The van der Waals surface area contributed by atoms with Gasteiger partial charge in [-0.3, -0.25) is 0 Å². The minimum absolute atomic E-state index is 0.594. The van der Waals surface area contributed by atoms with Crippen LogP contribution in [0.25, 0.3) is 0 Å². The average molecular weight is 205 g/mol. The highest BCUT2D eigenvalue weighted by Crippen LogP contribution is 2.09. The van der Waals surface area contributed by atoms with Gasteiger partial charge in [0.2, 0.25) is 0 Å². The third-order valence-electron chi connectivity index (χ3n) is 2.06. The Labute approximate surface area is 87.7 Å². The smallest absolute Gasteiger partial charge is 0.0718 e. The molecule has 0 aliphatic rings. The number of rotatable bonds is 6. The minimum atomic E-state index is -0.594. The molecule has 0 amide bonds. The van der Waals surface area contributed by atoms with E-state index in [1.165, 1.54) is 0 Å². The van der Waals surface area contributed by atoms with Crippen LogP contribution in [0.15, 0.2) is 0 Å². The van der Waals surface area contributed by atoms with Crippen molar-refractivity contribution < 1.29 is 5.11 Å². The van der Waals surface area contributed by atoms with E-state index in [4.69, 9.17) is 0 Å². The molecule has 0 bridgehead atoms. The maximum atomic E-state index is 9.59. The Bertz CT molecular complexity index is 129. The number of likely N-dealkylation sites (N-methyl/N-ethyl adjacent to an activating group) is 1. The molecule has 0 heterocycles. The fourth-order valence-corrected chi connectivity index (χ4v) is 1.86. The van der Waals surface area contributed by atoms with Gasteiger partial charge in [-0.25, -0.2) is 0 Å². The highest BCUT2D eigenvalue weighted by atomic mass is 32.1. The Kier molecular flexibility index (Phi) is 6.01. The van der Waals surface area contributed by atoms with Gasteiger partial charge in [0.05, 0.1) is 5.60 Å².